The molecule has 0 unspecified atom stereocenters. The van der Waals surface area contributed by atoms with Gasteiger partial charge < -0.3 is 4.48 Å². The summed E-state index contributed by atoms with van der Waals surface area (Å²) in [4.78, 5) is 4.42. The molecule has 0 aliphatic carbocycles. The molecule has 0 amide bonds. The first kappa shape index (κ1) is 20.4. The van der Waals surface area contributed by atoms with Crippen molar-refractivity contribution in [3.8, 4) is 11.1 Å². The molecule has 2 nitrogen and oxygen atoms in total. The third kappa shape index (κ3) is 3.37. The van der Waals surface area contributed by atoms with Gasteiger partial charge in [0.25, 0.3) is 0 Å². The second-order valence-electron chi connectivity index (χ2n) is 8.25. The zero-order valence-corrected chi connectivity index (χ0v) is 18.2. The highest BCUT2D eigenvalue weighted by Gasteiger charge is 2.23. The van der Waals surface area contributed by atoms with Gasteiger partial charge in [-0.05, 0) is 74.8 Å². The molecule has 0 fully saturated rings. The Morgan fingerprint density at radius 2 is 1.44 bits per heavy atom. The van der Waals surface area contributed by atoms with Crippen molar-refractivity contribution >= 4 is 40.7 Å². The van der Waals surface area contributed by atoms with E-state index in [0.717, 1.165) is 15.6 Å². The highest BCUT2D eigenvalue weighted by molar-refractivity contribution is 6.41. The van der Waals surface area contributed by atoms with Crippen molar-refractivity contribution in [3.05, 3.63) is 126 Å². The summed E-state index contributed by atoms with van der Waals surface area (Å²) >= 11 is 0. The molecular formula is C29H19BF2N2. The summed E-state index contributed by atoms with van der Waals surface area (Å²) in [5.41, 5.74) is 4.89. The van der Waals surface area contributed by atoms with Gasteiger partial charge in [-0.25, -0.2) is 0 Å². The van der Waals surface area contributed by atoms with Crippen molar-refractivity contribution < 1.29 is 8.63 Å². The second kappa shape index (κ2) is 8.27. The quantitative estimate of drug-likeness (QED) is 0.200. The van der Waals surface area contributed by atoms with Gasteiger partial charge >= 0.3 is 7.40 Å². The summed E-state index contributed by atoms with van der Waals surface area (Å²) in [5.74, 6) is 0. The van der Waals surface area contributed by atoms with Gasteiger partial charge in [-0.3, -0.25) is 13.6 Å². The molecule has 0 radical (unpaired) electrons. The number of fused-ring (bicyclic) bond motifs is 2. The van der Waals surface area contributed by atoms with Crippen LogP contribution >= 0.6 is 0 Å². The van der Waals surface area contributed by atoms with E-state index in [4.69, 9.17) is 0 Å². The first-order valence-corrected chi connectivity index (χ1v) is 11.1. The average Bonchev–Trinajstić information content (AvgIpc) is 3.57. The molecule has 162 valence electrons. The largest absolute Gasteiger partial charge is 0.677 e. The molecule has 6 rings (SSSR count). The highest BCUT2D eigenvalue weighted by atomic mass is 19.2. The number of aromatic nitrogens is 1. The van der Waals surface area contributed by atoms with Crippen molar-refractivity contribution in [1.82, 2.24) is 4.48 Å². The molecule has 1 aliphatic heterocycles. The summed E-state index contributed by atoms with van der Waals surface area (Å²) < 4.78 is 28.4. The first-order valence-electron chi connectivity index (χ1n) is 11.1. The summed E-state index contributed by atoms with van der Waals surface area (Å²) in [6.07, 6.45) is 6.76. The third-order valence-electron chi connectivity index (χ3n) is 6.29. The molecule has 0 saturated carbocycles. The van der Waals surface area contributed by atoms with Gasteiger partial charge in [0.2, 0.25) is 0 Å². The van der Waals surface area contributed by atoms with Gasteiger partial charge in [0.15, 0.2) is 0 Å². The molecule has 1 aromatic heterocycles. The molecule has 0 atom stereocenters. The van der Waals surface area contributed by atoms with Gasteiger partial charge in [-0.15, -0.1) is 0 Å². The Balaban J connectivity index is 1.54. The summed E-state index contributed by atoms with van der Waals surface area (Å²) in [7, 11) is -2.63. The third-order valence-corrected chi connectivity index (χ3v) is 6.29. The molecule has 0 bridgehead atoms. The van der Waals surface area contributed by atoms with Crippen molar-refractivity contribution in [2.75, 3.05) is 0 Å². The van der Waals surface area contributed by atoms with Crippen LogP contribution in [0.25, 0.3) is 38.2 Å². The van der Waals surface area contributed by atoms with E-state index in [0.29, 0.717) is 17.0 Å². The Hall–Kier alpha value is -4.25. The number of aliphatic imine (C=N–C) groups is 1. The van der Waals surface area contributed by atoms with Gasteiger partial charge in [0.05, 0.1) is 5.70 Å². The number of nitrogens with zero attached hydrogens (tertiary/aromatic N) is 2. The minimum Gasteiger partial charge on any atom is -0.332 e. The maximum atomic E-state index is 13.7. The molecule has 0 N–H and O–H groups in total. The normalized spacial score (nSPS) is 14.3. The van der Waals surface area contributed by atoms with E-state index in [2.05, 4.69) is 71.7 Å². The fourth-order valence-electron chi connectivity index (χ4n) is 4.78. The van der Waals surface area contributed by atoms with E-state index < -0.39 is 7.40 Å². The van der Waals surface area contributed by atoms with Crippen LogP contribution in [0.2, 0.25) is 0 Å². The minimum atomic E-state index is -2.63. The molecule has 0 spiro atoms. The van der Waals surface area contributed by atoms with Crippen LogP contribution in [0.1, 0.15) is 11.3 Å². The smallest absolute Gasteiger partial charge is 0.332 e. The predicted octanol–water partition coefficient (Wildman–Crippen LogP) is 7.63. The fraction of sp³-hybridized carbons (Fsp3) is 0. The van der Waals surface area contributed by atoms with Crippen LogP contribution in [0.3, 0.4) is 0 Å². The monoisotopic (exact) mass is 444 g/mol. The Morgan fingerprint density at radius 1 is 0.765 bits per heavy atom. The van der Waals surface area contributed by atoms with E-state index >= 15 is 0 Å². The lowest BCUT2D eigenvalue weighted by Gasteiger charge is -2.15. The number of rotatable bonds is 4. The maximum absolute atomic E-state index is 13.7. The lowest BCUT2D eigenvalue weighted by atomic mass is 9.90. The Labute approximate surface area is 196 Å². The summed E-state index contributed by atoms with van der Waals surface area (Å²) in [6.45, 7) is 0. The Morgan fingerprint density at radius 3 is 2.06 bits per heavy atom. The number of hydrogen-bond acceptors (Lipinski definition) is 1. The van der Waals surface area contributed by atoms with Crippen molar-refractivity contribution in [2.24, 2.45) is 4.99 Å². The van der Waals surface area contributed by atoms with E-state index in [1.165, 1.54) is 33.3 Å². The van der Waals surface area contributed by atoms with Gasteiger partial charge in [0.1, 0.15) is 0 Å². The number of hydrogen-bond donors (Lipinski definition) is 0. The molecular weight excluding hydrogens is 425 g/mol. The summed E-state index contributed by atoms with van der Waals surface area (Å²) in [6, 6.07) is 30.5. The van der Waals surface area contributed by atoms with Gasteiger partial charge in [-0.1, -0.05) is 72.8 Å². The zero-order valence-electron chi connectivity index (χ0n) is 18.2. The fourth-order valence-corrected chi connectivity index (χ4v) is 4.78. The molecule has 5 aromatic rings. The topological polar surface area (TPSA) is 17.3 Å². The van der Waals surface area contributed by atoms with E-state index in [1.54, 1.807) is 18.3 Å². The van der Waals surface area contributed by atoms with Crippen LogP contribution in [-0.2, 0) is 0 Å². The maximum Gasteiger partial charge on any atom is 0.677 e. The standard InChI is InChI=1S/C29H19BF2N2/c31-30(32)34-18-6-12-27(34)29(26-11-5-17-33-26)21-15-13-20(14-16-21)28-24-9-3-1-7-22(24)19-23-8-2-4-10-25(23)28/h1-19H/b29-26+. The lowest BCUT2D eigenvalue weighted by molar-refractivity contribution is 0.628. The number of halogens is 2. The number of benzene rings is 4. The van der Waals surface area contributed by atoms with Crippen molar-refractivity contribution in [3.63, 3.8) is 0 Å². The Kier molecular flexibility index (Phi) is 4.95. The first-order chi connectivity index (χ1) is 16.7. The van der Waals surface area contributed by atoms with Gasteiger partial charge in [0, 0.05) is 17.5 Å². The molecule has 34 heavy (non-hydrogen) atoms. The van der Waals surface area contributed by atoms with E-state index in [1.807, 2.05) is 24.3 Å². The van der Waals surface area contributed by atoms with Crippen LogP contribution in [0.5, 0.6) is 0 Å². The van der Waals surface area contributed by atoms with Crippen LogP contribution in [0.15, 0.2) is 120 Å². The highest BCUT2D eigenvalue weighted by Crippen LogP contribution is 2.38. The lowest BCUT2D eigenvalue weighted by Crippen LogP contribution is -2.15. The molecule has 1 aliphatic rings. The Bertz CT molecular complexity index is 1560. The SMILES string of the molecule is FB(F)n1cccc1/C(=C1\C=CC=N1)c1ccc(-c2c3ccccc3cc3ccccc23)cc1. The van der Waals surface area contributed by atoms with Crippen LogP contribution in [0.4, 0.5) is 8.63 Å². The van der Waals surface area contributed by atoms with Crippen molar-refractivity contribution in [1.29, 1.82) is 0 Å². The van der Waals surface area contributed by atoms with E-state index in [-0.39, 0.29) is 0 Å². The van der Waals surface area contributed by atoms with Crippen LogP contribution < -0.4 is 0 Å². The molecule has 2 heterocycles. The van der Waals surface area contributed by atoms with Crippen molar-refractivity contribution in [2.45, 2.75) is 0 Å². The molecule has 5 heteroatoms. The van der Waals surface area contributed by atoms with Gasteiger partial charge in [-0.2, -0.15) is 0 Å². The van der Waals surface area contributed by atoms with Crippen LogP contribution in [0, 0.1) is 0 Å². The summed E-state index contributed by atoms with van der Waals surface area (Å²) in [5, 5.41) is 4.73. The van der Waals surface area contributed by atoms with E-state index in [9.17, 15) is 8.63 Å². The predicted molar refractivity (Wildman–Crippen MR) is 138 cm³/mol. The second-order valence-corrected chi connectivity index (χ2v) is 8.25. The zero-order chi connectivity index (χ0) is 23.1. The molecule has 0 saturated heterocycles. The number of allylic oxidation sites excluding steroid dienone is 2. The minimum absolute atomic E-state index is 0.442. The molecule has 4 aromatic carbocycles. The average molecular weight is 444 g/mol. The van der Waals surface area contributed by atoms with Crippen LogP contribution in [-0.4, -0.2) is 18.1 Å².